The van der Waals surface area contributed by atoms with E-state index < -0.39 is 0 Å². The summed E-state index contributed by atoms with van der Waals surface area (Å²) in [5.74, 6) is 0.770. The minimum absolute atomic E-state index is 0.163. The fourth-order valence-corrected chi connectivity index (χ4v) is 1.80. The van der Waals surface area contributed by atoms with Crippen LogP contribution >= 0.6 is 0 Å². The van der Waals surface area contributed by atoms with Crippen molar-refractivity contribution in [1.82, 2.24) is 0 Å². The van der Waals surface area contributed by atoms with E-state index in [0.717, 1.165) is 36.1 Å². The van der Waals surface area contributed by atoms with Gasteiger partial charge in [-0.3, -0.25) is 0 Å². The SMILES string of the molecule is C=C(C)COc1ccc(C(CCCCO)N=[N+]=[N-])cc1. The topological polar surface area (TPSA) is 78.2 Å². The summed E-state index contributed by atoms with van der Waals surface area (Å²) in [6.45, 7) is 6.35. The normalized spacial score (nSPS) is 11.5. The number of unbranched alkanes of at least 4 members (excludes halogenated alkanes) is 1. The molecule has 0 amide bonds. The maximum Gasteiger partial charge on any atom is 0.119 e. The highest BCUT2D eigenvalue weighted by atomic mass is 16.5. The summed E-state index contributed by atoms with van der Waals surface area (Å²) in [4.78, 5) is 2.89. The Bertz CT molecular complexity index is 465. The summed E-state index contributed by atoms with van der Waals surface area (Å²) >= 11 is 0. The molecule has 1 N–H and O–H groups in total. The minimum Gasteiger partial charge on any atom is -0.489 e. The minimum atomic E-state index is -0.193. The largest absolute Gasteiger partial charge is 0.489 e. The summed E-state index contributed by atoms with van der Waals surface area (Å²) in [6, 6.07) is 7.36. The lowest BCUT2D eigenvalue weighted by atomic mass is 10.0. The Morgan fingerprint density at radius 2 is 2.10 bits per heavy atom. The molecule has 0 heterocycles. The average Bonchev–Trinajstić information content (AvgIpc) is 2.45. The van der Waals surface area contributed by atoms with Gasteiger partial charge in [0.1, 0.15) is 12.4 Å². The van der Waals surface area contributed by atoms with Crippen LogP contribution in [0.25, 0.3) is 10.4 Å². The lowest BCUT2D eigenvalue weighted by molar-refractivity contribution is 0.281. The van der Waals surface area contributed by atoms with Crippen molar-refractivity contribution in [1.29, 1.82) is 0 Å². The molecule has 5 nitrogen and oxygen atoms in total. The van der Waals surface area contributed by atoms with Crippen molar-refractivity contribution in [2.24, 2.45) is 5.11 Å². The second kappa shape index (κ2) is 9.02. The molecule has 0 saturated heterocycles. The van der Waals surface area contributed by atoms with Gasteiger partial charge in [-0.2, -0.15) is 0 Å². The van der Waals surface area contributed by atoms with Gasteiger partial charge in [-0.25, -0.2) is 0 Å². The van der Waals surface area contributed by atoms with E-state index in [0.29, 0.717) is 6.61 Å². The second-order valence-electron chi connectivity index (χ2n) is 4.75. The van der Waals surface area contributed by atoms with E-state index in [9.17, 15) is 0 Å². The molecule has 1 aromatic carbocycles. The maximum absolute atomic E-state index is 8.79. The monoisotopic (exact) mass is 275 g/mol. The van der Waals surface area contributed by atoms with E-state index in [1.807, 2.05) is 31.2 Å². The summed E-state index contributed by atoms with van der Waals surface area (Å²) in [7, 11) is 0. The average molecular weight is 275 g/mol. The van der Waals surface area contributed by atoms with Gasteiger partial charge in [0.05, 0.1) is 6.04 Å². The first-order valence-electron chi connectivity index (χ1n) is 6.69. The van der Waals surface area contributed by atoms with Crippen LogP contribution in [0.4, 0.5) is 0 Å². The van der Waals surface area contributed by atoms with Crippen molar-refractivity contribution in [3.63, 3.8) is 0 Å². The fraction of sp³-hybridized carbons (Fsp3) is 0.467. The zero-order valence-corrected chi connectivity index (χ0v) is 11.8. The number of rotatable bonds is 9. The van der Waals surface area contributed by atoms with Gasteiger partial charge in [0, 0.05) is 11.5 Å². The molecule has 1 unspecified atom stereocenters. The second-order valence-corrected chi connectivity index (χ2v) is 4.75. The number of nitrogens with zero attached hydrogens (tertiary/aromatic N) is 3. The van der Waals surface area contributed by atoms with E-state index in [1.165, 1.54) is 0 Å². The third-order valence-corrected chi connectivity index (χ3v) is 2.83. The predicted molar refractivity (Wildman–Crippen MR) is 79.6 cm³/mol. The fourth-order valence-electron chi connectivity index (χ4n) is 1.80. The molecule has 0 spiro atoms. The van der Waals surface area contributed by atoms with E-state index in [-0.39, 0.29) is 12.6 Å². The molecule has 20 heavy (non-hydrogen) atoms. The number of hydrogen-bond acceptors (Lipinski definition) is 3. The van der Waals surface area contributed by atoms with Crippen LogP contribution in [0.3, 0.4) is 0 Å². The first-order valence-corrected chi connectivity index (χ1v) is 6.69. The van der Waals surface area contributed by atoms with Crippen LogP contribution in [0, 0.1) is 0 Å². The van der Waals surface area contributed by atoms with Gasteiger partial charge in [-0.05, 0) is 48.6 Å². The molecule has 1 rings (SSSR count). The lowest BCUT2D eigenvalue weighted by Crippen LogP contribution is -1.99. The van der Waals surface area contributed by atoms with E-state index in [1.54, 1.807) is 0 Å². The molecule has 0 radical (unpaired) electrons. The zero-order chi connectivity index (χ0) is 14.8. The standard InChI is InChI=1S/C15H21N3O2/c1-12(2)11-20-14-8-6-13(7-9-14)15(17-18-16)5-3-4-10-19/h6-9,15,19H,1,3-5,10-11H2,2H3. The van der Waals surface area contributed by atoms with Gasteiger partial charge in [0.15, 0.2) is 0 Å². The Kier molecular flexibility index (Phi) is 7.25. The Hall–Kier alpha value is -1.97. The molecule has 0 bridgehead atoms. The van der Waals surface area contributed by atoms with Crippen LogP contribution in [-0.2, 0) is 0 Å². The molecule has 5 heteroatoms. The lowest BCUT2D eigenvalue weighted by Gasteiger charge is -2.12. The summed E-state index contributed by atoms with van der Waals surface area (Å²) < 4.78 is 5.52. The molecule has 0 aliphatic carbocycles. The molecule has 0 fully saturated rings. The first-order chi connectivity index (χ1) is 9.67. The van der Waals surface area contributed by atoms with Gasteiger partial charge in [0.2, 0.25) is 0 Å². The molecule has 1 atom stereocenters. The smallest absolute Gasteiger partial charge is 0.119 e. The van der Waals surface area contributed by atoms with Gasteiger partial charge < -0.3 is 9.84 Å². The van der Waals surface area contributed by atoms with Crippen molar-refractivity contribution < 1.29 is 9.84 Å². The van der Waals surface area contributed by atoms with Crippen molar-refractivity contribution >= 4 is 0 Å². The predicted octanol–water partition coefficient (Wildman–Crippen LogP) is 4.16. The van der Waals surface area contributed by atoms with Crippen LogP contribution in [0.5, 0.6) is 5.75 Å². The Morgan fingerprint density at radius 1 is 1.40 bits per heavy atom. The van der Waals surface area contributed by atoms with Crippen LogP contribution in [0.2, 0.25) is 0 Å². The Balaban J connectivity index is 2.66. The van der Waals surface area contributed by atoms with Crippen molar-refractivity contribution in [2.45, 2.75) is 32.2 Å². The molecule has 108 valence electrons. The van der Waals surface area contributed by atoms with Crippen LogP contribution in [-0.4, -0.2) is 18.3 Å². The Labute approximate surface area is 119 Å². The first kappa shape index (κ1) is 16.1. The van der Waals surface area contributed by atoms with Crippen molar-refractivity contribution in [2.75, 3.05) is 13.2 Å². The highest BCUT2D eigenvalue weighted by molar-refractivity contribution is 5.29. The number of ether oxygens (including phenoxy) is 1. The molecule has 0 aliphatic heterocycles. The number of hydrogen-bond donors (Lipinski definition) is 1. The number of azide groups is 1. The highest BCUT2D eigenvalue weighted by Crippen LogP contribution is 2.25. The summed E-state index contributed by atoms with van der Waals surface area (Å²) in [5, 5.41) is 12.6. The molecule has 1 aromatic rings. The van der Waals surface area contributed by atoms with Crippen LogP contribution in [0.1, 0.15) is 37.8 Å². The molecule has 0 aliphatic rings. The van der Waals surface area contributed by atoms with Gasteiger partial charge in [-0.15, -0.1) is 0 Å². The Morgan fingerprint density at radius 3 is 2.65 bits per heavy atom. The van der Waals surface area contributed by atoms with Gasteiger partial charge in [-0.1, -0.05) is 30.2 Å². The highest BCUT2D eigenvalue weighted by Gasteiger charge is 2.09. The van der Waals surface area contributed by atoms with Crippen molar-refractivity contribution in [3.05, 3.63) is 52.4 Å². The summed E-state index contributed by atoms with van der Waals surface area (Å²) in [5.41, 5.74) is 10.6. The zero-order valence-electron chi connectivity index (χ0n) is 11.8. The van der Waals surface area contributed by atoms with Gasteiger partial charge in [0.25, 0.3) is 0 Å². The number of aliphatic hydroxyl groups is 1. The van der Waals surface area contributed by atoms with E-state index in [4.69, 9.17) is 15.4 Å². The molecule has 0 saturated carbocycles. The van der Waals surface area contributed by atoms with Crippen LogP contribution in [0.15, 0.2) is 41.5 Å². The van der Waals surface area contributed by atoms with Crippen LogP contribution < -0.4 is 4.74 Å². The third-order valence-electron chi connectivity index (χ3n) is 2.83. The molecular formula is C15H21N3O2. The van der Waals surface area contributed by atoms with Crippen molar-refractivity contribution in [3.8, 4) is 5.75 Å². The molecular weight excluding hydrogens is 254 g/mol. The van der Waals surface area contributed by atoms with E-state index in [2.05, 4.69) is 16.6 Å². The molecule has 0 aromatic heterocycles. The maximum atomic E-state index is 8.79. The number of aliphatic hydroxyl groups excluding tert-OH is 1. The quantitative estimate of drug-likeness (QED) is 0.241. The van der Waals surface area contributed by atoms with Gasteiger partial charge >= 0.3 is 0 Å². The number of benzene rings is 1. The van der Waals surface area contributed by atoms with E-state index >= 15 is 0 Å². The summed E-state index contributed by atoms with van der Waals surface area (Å²) in [6.07, 6.45) is 2.28. The third kappa shape index (κ3) is 5.78.